The van der Waals surface area contributed by atoms with Crippen molar-refractivity contribution < 1.29 is 14.3 Å². The maximum atomic E-state index is 12.6. The Balaban J connectivity index is 1.51. The summed E-state index contributed by atoms with van der Waals surface area (Å²) in [7, 11) is 0. The van der Waals surface area contributed by atoms with Gasteiger partial charge in [0, 0.05) is 49.9 Å². The molecule has 3 heterocycles. The summed E-state index contributed by atoms with van der Waals surface area (Å²) in [4.78, 5) is 31.0. The van der Waals surface area contributed by atoms with Crippen LogP contribution in [0.3, 0.4) is 0 Å². The Morgan fingerprint density at radius 3 is 3.00 bits per heavy atom. The summed E-state index contributed by atoms with van der Waals surface area (Å²) < 4.78 is 5.37. The number of carbonyl (C=O) groups excluding carboxylic acids is 2. The number of nitrogens with zero attached hydrogens (tertiary/aromatic N) is 2. The van der Waals surface area contributed by atoms with Crippen molar-refractivity contribution in [3.8, 4) is 0 Å². The molecule has 6 nitrogen and oxygen atoms in total. The number of aromatic nitrogens is 1. The number of carbonyl (C=O) groups is 2. The third-order valence-corrected chi connectivity index (χ3v) is 6.19. The van der Waals surface area contributed by atoms with Crippen molar-refractivity contribution in [3.63, 3.8) is 0 Å². The first-order chi connectivity index (χ1) is 12.5. The van der Waals surface area contributed by atoms with Gasteiger partial charge in [-0.25, -0.2) is 4.98 Å². The molecule has 2 saturated heterocycles. The molecule has 0 saturated carbocycles. The van der Waals surface area contributed by atoms with Crippen molar-refractivity contribution in [2.24, 2.45) is 11.8 Å². The smallest absolute Gasteiger partial charge is 0.228 e. The van der Waals surface area contributed by atoms with E-state index in [4.69, 9.17) is 9.72 Å². The van der Waals surface area contributed by atoms with Crippen molar-refractivity contribution >= 4 is 23.2 Å². The Labute approximate surface area is 159 Å². The first kappa shape index (κ1) is 19.3. The van der Waals surface area contributed by atoms with E-state index in [-0.39, 0.29) is 23.7 Å². The average Bonchev–Trinajstić information content (AvgIpc) is 3.33. The van der Waals surface area contributed by atoms with Gasteiger partial charge in [-0.3, -0.25) is 9.59 Å². The Kier molecular flexibility index (Phi) is 6.64. The lowest BCUT2D eigenvalue weighted by Gasteiger charge is -2.33. The molecule has 0 unspecified atom stereocenters. The SMILES string of the molecule is CC(C)C(=O)NCCc1csc([C@@H]2CCCN(C(=O)[C@@H]3CCOC3)C2)n1. The third-order valence-electron chi connectivity index (χ3n) is 5.14. The van der Waals surface area contributed by atoms with E-state index in [2.05, 4.69) is 10.7 Å². The second kappa shape index (κ2) is 8.95. The normalized spacial score (nSPS) is 23.4. The van der Waals surface area contributed by atoms with E-state index in [1.54, 1.807) is 11.3 Å². The summed E-state index contributed by atoms with van der Waals surface area (Å²) in [5, 5.41) is 6.14. The molecule has 3 rings (SSSR count). The Morgan fingerprint density at radius 2 is 2.27 bits per heavy atom. The molecular formula is C19H29N3O3S. The van der Waals surface area contributed by atoms with Crippen molar-refractivity contribution in [2.75, 3.05) is 32.8 Å². The van der Waals surface area contributed by atoms with Gasteiger partial charge in [-0.15, -0.1) is 11.3 Å². The van der Waals surface area contributed by atoms with Gasteiger partial charge in [-0.05, 0) is 19.3 Å². The van der Waals surface area contributed by atoms with E-state index in [9.17, 15) is 9.59 Å². The van der Waals surface area contributed by atoms with E-state index in [1.165, 1.54) is 0 Å². The first-order valence-corrected chi connectivity index (χ1v) is 10.5. The lowest BCUT2D eigenvalue weighted by atomic mass is 9.97. The largest absolute Gasteiger partial charge is 0.381 e. The van der Waals surface area contributed by atoms with E-state index in [0.29, 0.717) is 25.7 Å². The molecule has 2 amide bonds. The Hall–Kier alpha value is -1.47. The van der Waals surface area contributed by atoms with Gasteiger partial charge in [0.25, 0.3) is 0 Å². The molecule has 0 aliphatic carbocycles. The van der Waals surface area contributed by atoms with Gasteiger partial charge in [0.1, 0.15) is 0 Å². The van der Waals surface area contributed by atoms with E-state index in [0.717, 1.165) is 49.5 Å². The Morgan fingerprint density at radius 1 is 1.42 bits per heavy atom. The Bertz CT molecular complexity index is 625. The number of ether oxygens (including phenoxy) is 1. The topological polar surface area (TPSA) is 71.5 Å². The van der Waals surface area contributed by atoms with Crippen molar-refractivity contribution in [1.29, 1.82) is 0 Å². The van der Waals surface area contributed by atoms with Crippen molar-refractivity contribution in [2.45, 2.75) is 45.4 Å². The van der Waals surface area contributed by atoms with Crippen LogP contribution in [0.1, 0.15) is 49.7 Å². The zero-order valence-electron chi connectivity index (χ0n) is 15.7. The number of piperidine rings is 1. The highest BCUT2D eigenvalue weighted by molar-refractivity contribution is 7.09. The van der Waals surface area contributed by atoms with Crippen LogP contribution in [0.2, 0.25) is 0 Å². The van der Waals surface area contributed by atoms with Crippen LogP contribution in [0, 0.1) is 11.8 Å². The zero-order chi connectivity index (χ0) is 18.5. The highest BCUT2D eigenvalue weighted by atomic mass is 32.1. The molecule has 0 bridgehead atoms. The van der Waals surface area contributed by atoms with Gasteiger partial charge in [0.05, 0.1) is 23.2 Å². The zero-order valence-corrected chi connectivity index (χ0v) is 16.5. The van der Waals surface area contributed by atoms with Crippen LogP contribution in [-0.2, 0) is 20.7 Å². The molecule has 2 atom stereocenters. The quantitative estimate of drug-likeness (QED) is 0.822. The summed E-state index contributed by atoms with van der Waals surface area (Å²) in [6.45, 7) is 7.31. The fourth-order valence-electron chi connectivity index (χ4n) is 3.51. The standard InChI is InChI=1S/C19H29N3O3S/c1-13(2)17(23)20-7-5-16-12-26-18(21-16)14-4-3-8-22(10-14)19(24)15-6-9-25-11-15/h12-15H,3-11H2,1-2H3,(H,20,23)/t14-,15-/m1/s1. The van der Waals surface area contributed by atoms with Crippen LogP contribution in [-0.4, -0.2) is 54.5 Å². The van der Waals surface area contributed by atoms with Crippen LogP contribution >= 0.6 is 11.3 Å². The van der Waals surface area contributed by atoms with Crippen LogP contribution in [0.25, 0.3) is 0 Å². The molecule has 2 fully saturated rings. The van der Waals surface area contributed by atoms with Gasteiger partial charge in [0.15, 0.2) is 0 Å². The predicted octanol–water partition coefficient (Wildman–Crippen LogP) is 2.20. The lowest BCUT2D eigenvalue weighted by Crippen LogP contribution is -2.42. The van der Waals surface area contributed by atoms with Crippen LogP contribution in [0.15, 0.2) is 5.38 Å². The van der Waals surface area contributed by atoms with Gasteiger partial charge >= 0.3 is 0 Å². The van der Waals surface area contributed by atoms with E-state index < -0.39 is 0 Å². The van der Waals surface area contributed by atoms with Gasteiger partial charge in [-0.2, -0.15) is 0 Å². The second-order valence-electron chi connectivity index (χ2n) is 7.56. The minimum absolute atomic E-state index is 0.0111. The van der Waals surface area contributed by atoms with E-state index >= 15 is 0 Å². The third kappa shape index (κ3) is 4.82. The molecule has 1 aromatic rings. The highest BCUT2D eigenvalue weighted by Gasteiger charge is 2.32. The highest BCUT2D eigenvalue weighted by Crippen LogP contribution is 2.30. The van der Waals surface area contributed by atoms with Crippen LogP contribution < -0.4 is 5.32 Å². The number of hydrogen-bond acceptors (Lipinski definition) is 5. The molecule has 0 radical (unpaired) electrons. The number of nitrogens with one attached hydrogen (secondary N) is 1. The maximum absolute atomic E-state index is 12.6. The summed E-state index contributed by atoms with van der Waals surface area (Å²) >= 11 is 1.68. The van der Waals surface area contributed by atoms with Gasteiger partial charge in [0.2, 0.25) is 11.8 Å². The number of rotatable bonds is 6. The first-order valence-electron chi connectivity index (χ1n) is 9.63. The number of likely N-dealkylation sites (tertiary alicyclic amines) is 1. The summed E-state index contributed by atoms with van der Waals surface area (Å²) in [6, 6.07) is 0. The molecule has 0 aromatic carbocycles. The molecule has 26 heavy (non-hydrogen) atoms. The second-order valence-corrected chi connectivity index (χ2v) is 8.45. The van der Waals surface area contributed by atoms with Crippen LogP contribution in [0.5, 0.6) is 0 Å². The molecule has 1 aromatic heterocycles. The van der Waals surface area contributed by atoms with Gasteiger partial charge < -0.3 is 15.0 Å². The molecule has 0 spiro atoms. The summed E-state index contributed by atoms with van der Waals surface area (Å²) in [5.74, 6) is 0.722. The fourth-order valence-corrected chi connectivity index (χ4v) is 4.49. The summed E-state index contributed by atoms with van der Waals surface area (Å²) in [6.07, 6.45) is 3.72. The molecule has 2 aliphatic heterocycles. The van der Waals surface area contributed by atoms with Crippen molar-refractivity contribution in [1.82, 2.24) is 15.2 Å². The average molecular weight is 380 g/mol. The van der Waals surface area contributed by atoms with E-state index in [1.807, 2.05) is 18.7 Å². The molecular weight excluding hydrogens is 350 g/mol. The van der Waals surface area contributed by atoms with Gasteiger partial charge in [-0.1, -0.05) is 13.8 Å². The fraction of sp³-hybridized carbons (Fsp3) is 0.737. The molecule has 7 heteroatoms. The molecule has 1 N–H and O–H groups in total. The lowest BCUT2D eigenvalue weighted by molar-refractivity contribution is -0.136. The number of hydrogen-bond donors (Lipinski definition) is 1. The molecule has 2 aliphatic rings. The molecule has 144 valence electrons. The number of thiazole rings is 1. The predicted molar refractivity (Wildman–Crippen MR) is 101 cm³/mol. The summed E-state index contributed by atoms with van der Waals surface area (Å²) in [5.41, 5.74) is 1.03. The minimum atomic E-state index is 0.0111. The minimum Gasteiger partial charge on any atom is -0.381 e. The maximum Gasteiger partial charge on any atom is 0.228 e. The number of amides is 2. The van der Waals surface area contributed by atoms with Crippen LogP contribution in [0.4, 0.5) is 0 Å². The monoisotopic (exact) mass is 379 g/mol. The van der Waals surface area contributed by atoms with Crippen molar-refractivity contribution in [3.05, 3.63) is 16.1 Å².